The largest absolute Gasteiger partial charge is 0.454 e. The van der Waals surface area contributed by atoms with E-state index in [0.717, 1.165) is 12.0 Å². The second kappa shape index (κ2) is 6.59. The molecule has 0 spiro atoms. The number of fused-ring (bicyclic) bond motifs is 1. The lowest BCUT2D eigenvalue weighted by atomic mass is 10.2. The van der Waals surface area contributed by atoms with Gasteiger partial charge in [0.25, 0.3) is 5.89 Å². The number of rotatable bonds is 4. The molecule has 4 rings (SSSR count). The molecule has 1 amide bonds. The second-order valence-electron chi connectivity index (χ2n) is 6.39. The number of ether oxygens (including phenoxy) is 1. The summed E-state index contributed by atoms with van der Waals surface area (Å²) in [4.78, 5) is 30.1. The molecule has 0 radical (unpaired) electrons. The van der Waals surface area contributed by atoms with E-state index in [4.69, 9.17) is 20.9 Å². The minimum absolute atomic E-state index is 0.00210. The number of hydrogen-bond donors (Lipinski definition) is 0. The third-order valence-corrected chi connectivity index (χ3v) is 6.38. The molecule has 9 heteroatoms. The zero-order valence-electron chi connectivity index (χ0n) is 14.0. The van der Waals surface area contributed by atoms with Gasteiger partial charge in [-0.15, -0.1) is 11.8 Å². The average Bonchev–Trinajstić information content (AvgIpc) is 3.30. The van der Waals surface area contributed by atoms with Gasteiger partial charge in [-0.25, -0.2) is 4.79 Å². The summed E-state index contributed by atoms with van der Waals surface area (Å²) < 4.78 is 10.5. The van der Waals surface area contributed by atoms with Crippen LogP contribution in [0.4, 0.5) is 0 Å². The van der Waals surface area contributed by atoms with Crippen LogP contribution in [0.15, 0.2) is 28.8 Å². The Morgan fingerprint density at radius 3 is 3.00 bits per heavy atom. The molecule has 2 aliphatic heterocycles. The molecule has 0 unspecified atom stereocenters. The van der Waals surface area contributed by atoms with Crippen LogP contribution in [-0.4, -0.2) is 43.6 Å². The summed E-state index contributed by atoms with van der Waals surface area (Å²) in [5, 5.41) is 4.49. The summed E-state index contributed by atoms with van der Waals surface area (Å²) in [6, 6.07) is 6.46. The van der Waals surface area contributed by atoms with Gasteiger partial charge >= 0.3 is 5.97 Å². The fourth-order valence-electron chi connectivity index (χ4n) is 3.25. The molecular formula is C17H16ClN3O4S. The fourth-order valence-corrected chi connectivity index (χ4v) is 4.80. The fraction of sp³-hybridized carbons (Fsp3) is 0.412. The van der Waals surface area contributed by atoms with Crippen molar-refractivity contribution < 1.29 is 18.8 Å². The summed E-state index contributed by atoms with van der Waals surface area (Å²) in [5.74, 6) is 0.696. The maximum atomic E-state index is 12.4. The highest BCUT2D eigenvalue weighted by molar-refractivity contribution is 8.01. The van der Waals surface area contributed by atoms with Gasteiger partial charge in [0.2, 0.25) is 11.7 Å². The molecule has 2 aliphatic rings. The van der Waals surface area contributed by atoms with Crippen LogP contribution in [0.2, 0.25) is 5.02 Å². The number of carbonyl (C=O) groups excluding carboxylic acids is 2. The van der Waals surface area contributed by atoms with Gasteiger partial charge in [0, 0.05) is 22.8 Å². The van der Waals surface area contributed by atoms with Crippen molar-refractivity contribution in [1.82, 2.24) is 15.0 Å². The first-order valence-corrected chi connectivity index (χ1v) is 9.54. The molecule has 2 fully saturated rings. The van der Waals surface area contributed by atoms with E-state index in [1.807, 2.05) is 6.92 Å². The number of thioether (sulfide) groups is 1. The second-order valence-corrected chi connectivity index (χ2v) is 8.33. The highest BCUT2D eigenvalue weighted by Crippen LogP contribution is 2.47. The number of aromatic nitrogens is 2. The Bertz CT molecular complexity index is 856. The molecule has 2 atom stereocenters. The maximum absolute atomic E-state index is 12.4. The van der Waals surface area contributed by atoms with Crippen molar-refractivity contribution >= 4 is 35.2 Å². The monoisotopic (exact) mass is 393 g/mol. The van der Waals surface area contributed by atoms with E-state index < -0.39 is 12.0 Å². The summed E-state index contributed by atoms with van der Waals surface area (Å²) in [7, 11) is 0. The third-order valence-electron chi connectivity index (χ3n) is 4.63. The minimum Gasteiger partial charge on any atom is -0.454 e. The quantitative estimate of drug-likeness (QED) is 0.738. The summed E-state index contributed by atoms with van der Waals surface area (Å²) >= 11 is 7.48. The lowest BCUT2D eigenvalue weighted by Gasteiger charge is -2.29. The summed E-state index contributed by atoms with van der Waals surface area (Å²) in [6.45, 7) is 1.87. The average molecular weight is 394 g/mol. The molecular weight excluding hydrogens is 378 g/mol. The Balaban J connectivity index is 1.39. The van der Waals surface area contributed by atoms with Crippen LogP contribution in [0.1, 0.15) is 25.7 Å². The normalized spacial score (nSPS) is 24.8. The van der Waals surface area contributed by atoms with Gasteiger partial charge in [0.05, 0.1) is 4.87 Å². The van der Waals surface area contributed by atoms with E-state index in [0.29, 0.717) is 23.0 Å². The van der Waals surface area contributed by atoms with E-state index in [1.54, 1.807) is 40.9 Å². The molecule has 2 saturated heterocycles. The number of halogens is 1. The van der Waals surface area contributed by atoms with Crippen LogP contribution in [0.25, 0.3) is 11.4 Å². The Morgan fingerprint density at radius 1 is 1.46 bits per heavy atom. The van der Waals surface area contributed by atoms with Crippen LogP contribution < -0.4 is 0 Å². The number of nitrogens with zero attached hydrogens (tertiary/aromatic N) is 3. The molecule has 2 aromatic rings. The molecule has 0 aliphatic carbocycles. The number of esters is 1. The van der Waals surface area contributed by atoms with Gasteiger partial charge in [0.1, 0.15) is 6.04 Å². The van der Waals surface area contributed by atoms with Crippen LogP contribution in [0.5, 0.6) is 0 Å². The van der Waals surface area contributed by atoms with Crippen molar-refractivity contribution in [2.75, 3.05) is 5.75 Å². The summed E-state index contributed by atoms with van der Waals surface area (Å²) in [6.07, 6.45) is 1.23. The molecule has 136 valence electrons. The standard InChI is InChI=1S/C17H16ClN3O4S/c1-17-7-6-14(22)21(17)12(9-26-17)16(23)24-8-13-19-15(20-25-13)10-2-4-11(18)5-3-10/h2-5,12H,6-9H2,1H3/t12-,17+/m0/s1. The Hall–Kier alpha value is -2.06. The van der Waals surface area contributed by atoms with E-state index in [1.165, 1.54) is 0 Å². The van der Waals surface area contributed by atoms with E-state index >= 15 is 0 Å². The molecule has 0 N–H and O–H groups in total. The first kappa shape index (κ1) is 17.4. The van der Waals surface area contributed by atoms with E-state index in [9.17, 15) is 9.59 Å². The van der Waals surface area contributed by atoms with Gasteiger partial charge < -0.3 is 14.2 Å². The van der Waals surface area contributed by atoms with Crippen LogP contribution >= 0.6 is 23.4 Å². The first-order valence-electron chi connectivity index (χ1n) is 8.17. The third kappa shape index (κ3) is 3.07. The molecule has 26 heavy (non-hydrogen) atoms. The van der Waals surface area contributed by atoms with Crippen LogP contribution in [0.3, 0.4) is 0 Å². The first-order chi connectivity index (χ1) is 12.5. The zero-order valence-corrected chi connectivity index (χ0v) is 15.5. The molecule has 0 saturated carbocycles. The van der Waals surface area contributed by atoms with E-state index in [-0.39, 0.29) is 23.3 Å². The highest BCUT2D eigenvalue weighted by Gasteiger charge is 2.53. The van der Waals surface area contributed by atoms with E-state index in [2.05, 4.69) is 10.1 Å². The molecule has 1 aromatic heterocycles. The van der Waals surface area contributed by atoms with Gasteiger partial charge in [-0.2, -0.15) is 4.98 Å². The Kier molecular flexibility index (Phi) is 4.40. The van der Waals surface area contributed by atoms with Crippen LogP contribution in [0, 0.1) is 0 Å². The van der Waals surface area contributed by atoms with Crippen molar-refractivity contribution in [3.63, 3.8) is 0 Å². The smallest absolute Gasteiger partial charge is 0.330 e. The molecule has 0 bridgehead atoms. The lowest BCUT2D eigenvalue weighted by Crippen LogP contribution is -2.46. The number of hydrogen-bond acceptors (Lipinski definition) is 7. The van der Waals surface area contributed by atoms with Gasteiger partial charge in [0.15, 0.2) is 6.61 Å². The van der Waals surface area contributed by atoms with Gasteiger partial charge in [-0.1, -0.05) is 16.8 Å². The van der Waals surface area contributed by atoms with Crippen molar-refractivity contribution in [2.24, 2.45) is 0 Å². The zero-order chi connectivity index (χ0) is 18.3. The number of amides is 1. The number of benzene rings is 1. The molecule has 3 heterocycles. The molecule has 1 aromatic carbocycles. The van der Waals surface area contributed by atoms with Crippen LogP contribution in [-0.2, 0) is 20.9 Å². The predicted molar refractivity (Wildman–Crippen MR) is 95.3 cm³/mol. The van der Waals surface area contributed by atoms with Crippen molar-refractivity contribution in [3.8, 4) is 11.4 Å². The summed E-state index contributed by atoms with van der Waals surface area (Å²) in [5.41, 5.74) is 0.751. The number of carbonyl (C=O) groups is 2. The van der Waals surface area contributed by atoms with Crippen molar-refractivity contribution in [1.29, 1.82) is 0 Å². The van der Waals surface area contributed by atoms with Gasteiger partial charge in [-0.3, -0.25) is 4.79 Å². The van der Waals surface area contributed by atoms with Gasteiger partial charge in [-0.05, 0) is 37.6 Å². The highest BCUT2D eigenvalue weighted by atomic mass is 35.5. The van der Waals surface area contributed by atoms with Crippen molar-refractivity contribution in [3.05, 3.63) is 35.2 Å². The predicted octanol–water partition coefficient (Wildman–Crippen LogP) is 2.89. The SMILES string of the molecule is C[C@@]12CCC(=O)N1[C@H](C(=O)OCc1nc(-c3ccc(Cl)cc3)no1)CS2. The Morgan fingerprint density at radius 2 is 2.23 bits per heavy atom. The molecule has 7 nitrogen and oxygen atoms in total. The topological polar surface area (TPSA) is 85.5 Å². The Labute approximate surface area is 159 Å². The maximum Gasteiger partial charge on any atom is 0.330 e. The van der Waals surface area contributed by atoms with Crippen molar-refractivity contribution in [2.45, 2.75) is 37.3 Å². The minimum atomic E-state index is -0.557. The lowest BCUT2D eigenvalue weighted by molar-refractivity contribution is -0.155.